The van der Waals surface area contributed by atoms with Gasteiger partial charge in [0, 0.05) is 10.7 Å². The number of hydrogen-bond acceptors (Lipinski definition) is 3. The first kappa shape index (κ1) is 10.3. The number of halogens is 1. The molecule has 0 radical (unpaired) electrons. The highest BCUT2D eigenvalue weighted by atomic mass is 35.7. The Morgan fingerprint density at radius 3 is 2.31 bits per heavy atom. The van der Waals surface area contributed by atoms with Crippen molar-refractivity contribution in [3.63, 3.8) is 0 Å². The molecule has 0 fully saturated rings. The number of phenols is 1. The van der Waals surface area contributed by atoms with E-state index in [0.717, 1.165) is 5.56 Å². The lowest BCUT2D eigenvalue weighted by molar-refractivity contribution is 0.454. The van der Waals surface area contributed by atoms with Crippen LogP contribution in [0.25, 0.3) is 0 Å². The molecule has 0 atom stereocenters. The Kier molecular flexibility index (Phi) is 2.54. The van der Waals surface area contributed by atoms with Crippen LogP contribution in [0.1, 0.15) is 11.1 Å². The lowest BCUT2D eigenvalue weighted by atomic mass is 10.1. The molecule has 1 aromatic carbocycles. The van der Waals surface area contributed by atoms with Crippen LogP contribution in [-0.4, -0.2) is 13.5 Å². The summed E-state index contributed by atoms with van der Waals surface area (Å²) in [5, 5.41) is 9.45. The standard InChI is InChI=1S/C8H9ClO3S/c1-5-3-4-7(13(9,11)12)8(10)6(5)2/h3-4,10H,1-2H3. The van der Waals surface area contributed by atoms with E-state index in [2.05, 4.69) is 0 Å². The summed E-state index contributed by atoms with van der Waals surface area (Å²) in [6.45, 7) is 3.41. The first-order valence-corrected chi connectivity index (χ1v) is 5.89. The molecule has 0 aliphatic carbocycles. The van der Waals surface area contributed by atoms with Gasteiger partial charge < -0.3 is 5.11 Å². The smallest absolute Gasteiger partial charge is 0.264 e. The second kappa shape index (κ2) is 3.20. The quantitative estimate of drug-likeness (QED) is 0.736. The second-order valence-electron chi connectivity index (χ2n) is 2.79. The topological polar surface area (TPSA) is 54.4 Å². The lowest BCUT2D eigenvalue weighted by Crippen LogP contribution is -1.94. The van der Waals surface area contributed by atoms with Gasteiger partial charge in [0.25, 0.3) is 9.05 Å². The van der Waals surface area contributed by atoms with Crippen molar-refractivity contribution in [2.45, 2.75) is 18.7 Å². The largest absolute Gasteiger partial charge is 0.506 e. The zero-order valence-electron chi connectivity index (χ0n) is 7.20. The summed E-state index contributed by atoms with van der Waals surface area (Å²) < 4.78 is 21.8. The molecule has 0 bridgehead atoms. The molecule has 0 aromatic heterocycles. The molecule has 13 heavy (non-hydrogen) atoms. The molecule has 5 heteroatoms. The van der Waals surface area contributed by atoms with Crippen LogP contribution < -0.4 is 0 Å². The molecule has 1 aromatic rings. The van der Waals surface area contributed by atoms with Crippen LogP contribution in [0.15, 0.2) is 17.0 Å². The predicted molar refractivity (Wildman–Crippen MR) is 50.6 cm³/mol. The third-order valence-electron chi connectivity index (χ3n) is 1.93. The first-order chi connectivity index (χ1) is 5.84. The molecule has 1 rings (SSSR count). The third-order valence-corrected chi connectivity index (χ3v) is 3.28. The number of phenolic OH excluding ortho intramolecular Hbond substituents is 1. The van der Waals surface area contributed by atoms with Gasteiger partial charge in [-0.2, -0.15) is 0 Å². The van der Waals surface area contributed by atoms with E-state index in [9.17, 15) is 13.5 Å². The summed E-state index contributed by atoms with van der Waals surface area (Å²) in [4.78, 5) is -0.239. The third kappa shape index (κ3) is 1.95. The van der Waals surface area contributed by atoms with Crippen molar-refractivity contribution in [1.29, 1.82) is 0 Å². The average Bonchev–Trinajstić information content (AvgIpc) is 1.98. The molecular weight excluding hydrogens is 212 g/mol. The number of hydrogen-bond donors (Lipinski definition) is 1. The Bertz CT molecular complexity index is 437. The molecule has 0 unspecified atom stereocenters. The van der Waals surface area contributed by atoms with Gasteiger partial charge in [0.2, 0.25) is 0 Å². The maximum Gasteiger partial charge on any atom is 0.264 e. The monoisotopic (exact) mass is 220 g/mol. The van der Waals surface area contributed by atoms with Gasteiger partial charge in [-0.3, -0.25) is 0 Å². The minimum Gasteiger partial charge on any atom is -0.506 e. The van der Waals surface area contributed by atoms with E-state index in [0.29, 0.717) is 5.56 Å². The summed E-state index contributed by atoms with van der Waals surface area (Å²) in [5.41, 5.74) is 1.35. The zero-order chi connectivity index (χ0) is 10.2. The lowest BCUT2D eigenvalue weighted by Gasteiger charge is -2.06. The molecule has 3 nitrogen and oxygen atoms in total. The van der Waals surface area contributed by atoms with Gasteiger partial charge in [-0.05, 0) is 31.0 Å². The summed E-state index contributed by atoms with van der Waals surface area (Å²) >= 11 is 0. The van der Waals surface area contributed by atoms with Crippen molar-refractivity contribution in [2.24, 2.45) is 0 Å². The fourth-order valence-electron chi connectivity index (χ4n) is 0.973. The van der Waals surface area contributed by atoms with Crippen molar-refractivity contribution in [2.75, 3.05) is 0 Å². The van der Waals surface area contributed by atoms with Crippen molar-refractivity contribution in [3.05, 3.63) is 23.3 Å². The van der Waals surface area contributed by atoms with Crippen LogP contribution in [0.3, 0.4) is 0 Å². The van der Waals surface area contributed by atoms with Gasteiger partial charge in [-0.15, -0.1) is 0 Å². The Balaban J connectivity index is 3.53. The first-order valence-electron chi connectivity index (χ1n) is 3.58. The molecule has 0 saturated heterocycles. The van der Waals surface area contributed by atoms with Crippen molar-refractivity contribution < 1.29 is 13.5 Å². The highest BCUT2D eigenvalue weighted by molar-refractivity contribution is 8.13. The van der Waals surface area contributed by atoms with Gasteiger partial charge in [0.15, 0.2) is 0 Å². The van der Waals surface area contributed by atoms with E-state index in [1.165, 1.54) is 6.07 Å². The van der Waals surface area contributed by atoms with Crippen LogP contribution in [0.4, 0.5) is 0 Å². The van der Waals surface area contributed by atoms with Gasteiger partial charge in [-0.25, -0.2) is 8.42 Å². The Morgan fingerprint density at radius 2 is 1.85 bits per heavy atom. The molecule has 0 heterocycles. The molecular formula is C8H9ClO3S. The highest BCUT2D eigenvalue weighted by Gasteiger charge is 2.17. The van der Waals surface area contributed by atoms with Crippen LogP contribution in [-0.2, 0) is 9.05 Å². The fourth-order valence-corrected chi connectivity index (χ4v) is 1.96. The molecule has 0 saturated carbocycles. The van der Waals surface area contributed by atoms with E-state index >= 15 is 0 Å². The minimum atomic E-state index is -3.85. The van der Waals surface area contributed by atoms with E-state index in [1.54, 1.807) is 19.9 Å². The molecule has 72 valence electrons. The molecule has 0 spiro atoms. The molecule has 0 aliphatic rings. The van der Waals surface area contributed by atoms with Gasteiger partial charge >= 0.3 is 0 Å². The maximum atomic E-state index is 10.9. The van der Waals surface area contributed by atoms with Crippen molar-refractivity contribution in [1.82, 2.24) is 0 Å². The van der Waals surface area contributed by atoms with Crippen molar-refractivity contribution >= 4 is 19.7 Å². The molecule has 0 aliphatic heterocycles. The Morgan fingerprint density at radius 1 is 1.31 bits per heavy atom. The van der Waals surface area contributed by atoms with E-state index in [-0.39, 0.29) is 10.6 Å². The molecule has 1 N–H and O–H groups in total. The Labute approximate surface area is 81.4 Å². The molecule has 0 amide bonds. The summed E-state index contributed by atoms with van der Waals surface area (Å²) in [7, 11) is 1.25. The van der Waals surface area contributed by atoms with Gasteiger partial charge in [0.05, 0.1) is 0 Å². The van der Waals surface area contributed by atoms with Crippen molar-refractivity contribution in [3.8, 4) is 5.75 Å². The average molecular weight is 221 g/mol. The normalized spacial score (nSPS) is 11.6. The minimum absolute atomic E-state index is 0.239. The van der Waals surface area contributed by atoms with E-state index in [1.807, 2.05) is 0 Å². The van der Waals surface area contributed by atoms with Crippen LogP contribution in [0.2, 0.25) is 0 Å². The maximum absolute atomic E-state index is 10.9. The van der Waals surface area contributed by atoms with E-state index < -0.39 is 9.05 Å². The second-order valence-corrected chi connectivity index (χ2v) is 5.33. The SMILES string of the molecule is Cc1ccc(S(=O)(=O)Cl)c(O)c1C. The van der Waals surface area contributed by atoms with Gasteiger partial charge in [-0.1, -0.05) is 6.07 Å². The predicted octanol–water partition coefficient (Wildman–Crippen LogP) is 1.94. The van der Waals surface area contributed by atoms with Crippen LogP contribution in [0, 0.1) is 13.8 Å². The van der Waals surface area contributed by atoms with Crippen LogP contribution in [0.5, 0.6) is 5.75 Å². The number of aryl methyl sites for hydroxylation is 1. The highest BCUT2D eigenvalue weighted by Crippen LogP contribution is 2.30. The van der Waals surface area contributed by atoms with E-state index in [4.69, 9.17) is 10.7 Å². The zero-order valence-corrected chi connectivity index (χ0v) is 8.78. The number of rotatable bonds is 1. The summed E-state index contributed by atoms with van der Waals surface area (Å²) in [6.07, 6.45) is 0. The Hall–Kier alpha value is -0.740. The van der Waals surface area contributed by atoms with Crippen LogP contribution >= 0.6 is 10.7 Å². The summed E-state index contributed by atoms with van der Waals surface area (Å²) in [5.74, 6) is -0.269. The van der Waals surface area contributed by atoms with Gasteiger partial charge in [0.1, 0.15) is 10.6 Å². The number of aromatic hydroxyl groups is 1. The fraction of sp³-hybridized carbons (Fsp3) is 0.250. The summed E-state index contributed by atoms with van der Waals surface area (Å²) in [6, 6.07) is 2.89. The number of benzene rings is 1.